The third-order valence-electron chi connectivity index (χ3n) is 2.81. The van der Waals surface area contributed by atoms with Crippen LogP contribution in [0.25, 0.3) is 10.8 Å². The number of aldehydes is 1. The fourth-order valence-corrected chi connectivity index (χ4v) is 2.04. The summed E-state index contributed by atoms with van der Waals surface area (Å²) >= 11 is 0. The highest BCUT2D eigenvalue weighted by Gasteiger charge is 2.35. The maximum absolute atomic E-state index is 11.1. The van der Waals surface area contributed by atoms with E-state index in [-0.39, 0.29) is 11.7 Å². The van der Waals surface area contributed by atoms with Crippen LogP contribution < -0.4 is 0 Å². The summed E-state index contributed by atoms with van der Waals surface area (Å²) in [5, 5.41) is 32.6. The molecule has 0 radical (unpaired) electrons. The highest BCUT2D eigenvalue weighted by Crippen LogP contribution is 2.41. The van der Waals surface area contributed by atoms with Crippen LogP contribution in [0.5, 0.6) is 0 Å². The molecular formula is C11H5N3O7. The Kier molecular flexibility index (Phi) is 3.28. The molecule has 0 fully saturated rings. The van der Waals surface area contributed by atoms with Crippen molar-refractivity contribution >= 4 is 34.1 Å². The van der Waals surface area contributed by atoms with Gasteiger partial charge in [0.05, 0.1) is 14.8 Å². The average molecular weight is 291 g/mol. The molecule has 2 aromatic carbocycles. The van der Waals surface area contributed by atoms with Crippen LogP contribution in [0, 0.1) is 30.3 Å². The topological polar surface area (TPSA) is 146 Å². The van der Waals surface area contributed by atoms with Crippen molar-refractivity contribution in [3.05, 3.63) is 60.2 Å². The van der Waals surface area contributed by atoms with Gasteiger partial charge in [-0.05, 0) is 11.5 Å². The first kappa shape index (κ1) is 14.0. The smallest absolute Gasteiger partial charge is 0.298 e. The number of benzene rings is 2. The van der Waals surface area contributed by atoms with Crippen molar-refractivity contribution in [2.75, 3.05) is 0 Å². The first-order valence-electron chi connectivity index (χ1n) is 5.36. The number of hydrogen-bond acceptors (Lipinski definition) is 7. The predicted molar refractivity (Wildman–Crippen MR) is 69.3 cm³/mol. The van der Waals surface area contributed by atoms with E-state index in [9.17, 15) is 35.1 Å². The van der Waals surface area contributed by atoms with Gasteiger partial charge in [-0.3, -0.25) is 35.1 Å². The van der Waals surface area contributed by atoms with Gasteiger partial charge in [0.1, 0.15) is 10.9 Å². The van der Waals surface area contributed by atoms with E-state index >= 15 is 0 Å². The number of nitro benzene ring substituents is 3. The summed E-state index contributed by atoms with van der Waals surface area (Å²) < 4.78 is 0. The lowest BCUT2D eigenvalue weighted by Gasteiger charge is -2.04. The normalized spacial score (nSPS) is 10.3. The van der Waals surface area contributed by atoms with Gasteiger partial charge in [0.15, 0.2) is 6.29 Å². The van der Waals surface area contributed by atoms with Crippen molar-refractivity contribution in [2.24, 2.45) is 0 Å². The molecule has 0 N–H and O–H groups in total. The second-order valence-corrected chi connectivity index (χ2v) is 3.93. The molecule has 0 aliphatic carbocycles. The van der Waals surface area contributed by atoms with Crippen LogP contribution >= 0.6 is 0 Å². The van der Waals surface area contributed by atoms with Crippen molar-refractivity contribution in [1.29, 1.82) is 0 Å². The maximum Gasteiger partial charge on any atom is 0.361 e. The molecule has 0 aromatic heterocycles. The van der Waals surface area contributed by atoms with Crippen molar-refractivity contribution in [3.63, 3.8) is 0 Å². The lowest BCUT2D eigenvalue weighted by Crippen LogP contribution is -2.03. The minimum Gasteiger partial charge on any atom is -0.298 e. The summed E-state index contributed by atoms with van der Waals surface area (Å²) in [6.45, 7) is 0. The van der Waals surface area contributed by atoms with E-state index in [0.29, 0.717) is 0 Å². The van der Waals surface area contributed by atoms with Gasteiger partial charge in [-0.25, -0.2) is 0 Å². The summed E-state index contributed by atoms with van der Waals surface area (Å²) in [5.74, 6) is 0. The van der Waals surface area contributed by atoms with Gasteiger partial charge >= 0.3 is 11.4 Å². The highest BCUT2D eigenvalue weighted by molar-refractivity contribution is 6.06. The molecule has 0 bridgehead atoms. The fourth-order valence-electron chi connectivity index (χ4n) is 2.04. The molecule has 2 aromatic rings. The molecule has 106 valence electrons. The van der Waals surface area contributed by atoms with Crippen LogP contribution in [0.1, 0.15) is 10.4 Å². The van der Waals surface area contributed by atoms with Crippen LogP contribution in [-0.4, -0.2) is 21.1 Å². The van der Waals surface area contributed by atoms with E-state index in [0.717, 1.165) is 12.1 Å². The van der Waals surface area contributed by atoms with Crippen LogP contribution in [-0.2, 0) is 0 Å². The summed E-state index contributed by atoms with van der Waals surface area (Å²) in [6.07, 6.45) is 0.101. The van der Waals surface area contributed by atoms with Crippen molar-refractivity contribution in [1.82, 2.24) is 0 Å². The highest BCUT2D eigenvalue weighted by atomic mass is 16.6. The number of carbonyl (C=O) groups excluding carboxylic acids is 1. The second kappa shape index (κ2) is 4.92. The van der Waals surface area contributed by atoms with Crippen LogP contribution in [0.4, 0.5) is 17.1 Å². The Morgan fingerprint density at radius 2 is 1.52 bits per heavy atom. The third kappa shape index (κ3) is 2.14. The van der Waals surface area contributed by atoms with Gasteiger partial charge in [-0.2, -0.15) is 0 Å². The lowest BCUT2D eigenvalue weighted by molar-refractivity contribution is -0.422. The first-order chi connectivity index (χ1) is 9.88. The molecule has 0 aliphatic rings. The molecule has 0 saturated carbocycles. The molecule has 0 heterocycles. The molecule has 0 atom stereocenters. The lowest BCUT2D eigenvalue weighted by atomic mass is 10.0. The minimum absolute atomic E-state index is 0.00333. The molecule has 0 amide bonds. The van der Waals surface area contributed by atoms with Gasteiger partial charge in [0.25, 0.3) is 5.69 Å². The Hall–Kier alpha value is -3.43. The van der Waals surface area contributed by atoms with E-state index in [1.54, 1.807) is 0 Å². The van der Waals surface area contributed by atoms with E-state index in [4.69, 9.17) is 0 Å². The Morgan fingerprint density at radius 3 is 2.00 bits per heavy atom. The molecule has 2 rings (SSSR count). The first-order valence-corrected chi connectivity index (χ1v) is 5.36. The molecular weight excluding hydrogens is 286 g/mol. The summed E-state index contributed by atoms with van der Waals surface area (Å²) in [4.78, 5) is 41.0. The quantitative estimate of drug-likeness (QED) is 0.477. The van der Waals surface area contributed by atoms with Gasteiger partial charge < -0.3 is 0 Å². The number of non-ortho nitro benzene ring substituents is 1. The van der Waals surface area contributed by atoms with Crippen molar-refractivity contribution in [3.8, 4) is 0 Å². The number of fused-ring (bicyclic) bond motifs is 1. The zero-order chi connectivity index (χ0) is 15.7. The van der Waals surface area contributed by atoms with Crippen LogP contribution in [0.2, 0.25) is 0 Å². The minimum atomic E-state index is -1.10. The van der Waals surface area contributed by atoms with E-state index < -0.39 is 42.8 Å². The summed E-state index contributed by atoms with van der Waals surface area (Å²) in [7, 11) is 0. The van der Waals surface area contributed by atoms with Crippen LogP contribution in [0.15, 0.2) is 24.3 Å². The number of nitrogens with zero attached hydrogens (tertiary/aromatic N) is 3. The molecule has 0 unspecified atom stereocenters. The average Bonchev–Trinajstić information content (AvgIpc) is 2.43. The van der Waals surface area contributed by atoms with Gasteiger partial charge in [0, 0.05) is 6.07 Å². The molecule has 0 saturated heterocycles. The Bertz CT molecular complexity index is 815. The van der Waals surface area contributed by atoms with E-state index in [1.165, 1.54) is 12.1 Å². The Morgan fingerprint density at radius 1 is 0.905 bits per heavy atom. The van der Waals surface area contributed by atoms with Gasteiger partial charge in [-0.15, -0.1) is 0 Å². The molecule has 21 heavy (non-hydrogen) atoms. The fraction of sp³-hybridized carbons (Fsp3) is 0. The summed E-state index contributed by atoms with van der Waals surface area (Å²) in [5.41, 5.74) is -3.27. The third-order valence-corrected chi connectivity index (χ3v) is 2.81. The molecule has 0 aliphatic heterocycles. The van der Waals surface area contributed by atoms with Crippen LogP contribution in [0.3, 0.4) is 0 Å². The van der Waals surface area contributed by atoms with E-state index in [2.05, 4.69) is 0 Å². The molecule has 10 heteroatoms. The number of rotatable bonds is 4. The number of hydrogen-bond donors (Lipinski definition) is 0. The summed E-state index contributed by atoms with van der Waals surface area (Å²) in [6, 6.07) is 4.58. The molecule has 0 spiro atoms. The zero-order valence-electron chi connectivity index (χ0n) is 10.1. The van der Waals surface area contributed by atoms with Gasteiger partial charge in [-0.1, -0.05) is 12.1 Å². The SMILES string of the molecule is O=Cc1cc2cccc([N+](=O)[O-])c2c([N+](=O)[O-])c1[N+](=O)[O-]. The maximum atomic E-state index is 11.1. The monoisotopic (exact) mass is 291 g/mol. The molecule has 10 nitrogen and oxygen atoms in total. The van der Waals surface area contributed by atoms with E-state index in [1.807, 2.05) is 0 Å². The standard InChI is InChI=1S/C11H5N3O7/c15-5-7-4-6-2-1-3-8(12(16)17)9(6)11(14(20)21)10(7)13(18)19/h1-5H. The Balaban J connectivity index is 3.14. The predicted octanol–water partition coefficient (Wildman–Crippen LogP) is 2.38. The zero-order valence-corrected chi connectivity index (χ0v) is 10.1. The number of nitro groups is 3. The largest absolute Gasteiger partial charge is 0.361 e. The van der Waals surface area contributed by atoms with Gasteiger partial charge in [0.2, 0.25) is 0 Å². The van der Waals surface area contributed by atoms with Crippen molar-refractivity contribution in [2.45, 2.75) is 0 Å². The second-order valence-electron chi connectivity index (χ2n) is 3.93. The van der Waals surface area contributed by atoms with Crippen molar-refractivity contribution < 1.29 is 19.6 Å². The number of carbonyl (C=O) groups is 1. The Labute approximate surface area is 115 Å².